The Hall–Kier alpha value is -1.83. The highest BCUT2D eigenvalue weighted by Crippen LogP contribution is 2.27. The maximum atomic E-state index is 12.5. The largest absolute Gasteiger partial charge is 0.339 e. The molecule has 3 rings (SSSR count). The summed E-state index contributed by atoms with van der Waals surface area (Å²) in [4.78, 5) is 19.2. The minimum atomic E-state index is -0.00145. The first kappa shape index (κ1) is 13.2. The van der Waals surface area contributed by atoms with E-state index in [9.17, 15) is 4.79 Å². The molecule has 1 atom stereocenters. The Bertz CT molecular complexity index is 623. The van der Waals surface area contributed by atoms with Crippen LogP contribution in [0, 0.1) is 13.8 Å². The average molecular weight is 293 g/mol. The molecule has 0 bridgehead atoms. The molecule has 0 saturated carbocycles. The number of nitrogens with zero attached hydrogens (tertiary/aromatic N) is 5. The lowest BCUT2D eigenvalue weighted by Gasteiger charge is -2.30. The van der Waals surface area contributed by atoms with E-state index in [1.165, 1.54) is 0 Å². The molecule has 1 aliphatic heterocycles. The predicted octanol–water partition coefficient (Wildman–Crippen LogP) is 1.56. The number of amides is 1. The first-order valence-electron chi connectivity index (χ1n) is 6.53. The van der Waals surface area contributed by atoms with Crippen LogP contribution in [0.15, 0.2) is 4.52 Å². The molecule has 0 aliphatic carbocycles. The molecule has 106 valence electrons. The first-order valence-corrected chi connectivity index (χ1v) is 7.31. The molecular formula is C12H15N5O2S. The number of hydrogen-bond donors (Lipinski definition) is 0. The molecule has 0 spiro atoms. The Morgan fingerprint density at radius 1 is 1.45 bits per heavy atom. The number of carbonyl (C=O) groups is 1. The van der Waals surface area contributed by atoms with Gasteiger partial charge in [-0.3, -0.25) is 4.79 Å². The molecule has 1 amide bonds. The van der Waals surface area contributed by atoms with E-state index in [1.807, 2.05) is 4.90 Å². The third kappa shape index (κ3) is 2.43. The standard InChI is InChI=1S/C12H15N5O2S/c1-7-10(20-16-14-7)12(18)17-5-3-4-9(6-17)11-13-8(2)15-19-11/h9H,3-6H2,1-2H3/t9-/m1/s1. The molecule has 2 aromatic heterocycles. The molecule has 7 nitrogen and oxygen atoms in total. The van der Waals surface area contributed by atoms with Crippen molar-refractivity contribution in [1.82, 2.24) is 24.6 Å². The van der Waals surface area contributed by atoms with Crippen molar-refractivity contribution < 1.29 is 9.32 Å². The van der Waals surface area contributed by atoms with Crippen molar-refractivity contribution in [2.45, 2.75) is 32.6 Å². The molecule has 20 heavy (non-hydrogen) atoms. The summed E-state index contributed by atoms with van der Waals surface area (Å²) in [7, 11) is 0. The quantitative estimate of drug-likeness (QED) is 0.835. The normalized spacial score (nSPS) is 19.3. The molecule has 0 radical (unpaired) electrons. The van der Waals surface area contributed by atoms with Gasteiger partial charge in [0.2, 0.25) is 5.89 Å². The lowest BCUT2D eigenvalue weighted by molar-refractivity contribution is 0.0699. The van der Waals surface area contributed by atoms with Gasteiger partial charge in [-0.2, -0.15) is 4.98 Å². The summed E-state index contributed by atoms with van der Waals surface area (Å²) in [5.74, 6) is 1.37. The number of carbonyl (C=O) groups excluding carboxylic acids is 1. The number of rotatable bonds is 2. The van der Waals surface area contributed by atoms with Crippen LogP contribution in [-0.2, 0) is 0 Å². The SMILES string of the molecule is Cc1noc([C@@H]2CCCN(C(=O)c3snnc3C)C2)n1. The Morgan fingerprint density at radius 3 is 2.95 bits per heavy atom. The van der Waals surface area contributed by atoms with Crippen LogP contribution in [0.2, 0.25) is 0 Å². The van der Waals surface area contributed by atoms with Crippen molar-refractivity contribution in [3.63, 3.8) is 0 Å². The molecule has 1 saturated heterocycles. The molecule has 2 aromatic rings. The Kier molecular flexibility index (Phi) is 3.47. The van der Waals surface area contributed by atoms with E-state index in [-0.39, 0.29) is 11.8 Å². The summed E-state index contributed by atoms with van der Waals surface area (Å²) in [5.41, 5.74) is 0.691. The van der Waals surface area contributed by atoms with Crippen LogP contribution < -0.4 is 0 Å². The highest BCUT2D eigenvalue weighted by Gasteiger charge is 2.30. The number of likely N-dealkylation sites (tertiary alicyclic amines) is 1. The highest BCUT2D eigenvalue weighted by molar-refractivity contribution is 7.07. The van der Waals surface area contributed by atoms with Crippen molar-refractivity contribution in [3.8, 4) is 0 Å². The van der Waals surface area contributed by atoms with Crippen molar-refractivity contribution in [3.05, 3.63) is 22.3 Å². The van der Waals surface area contributed by atoms with Gasteiger partial charge in [-0.15, -0.1) is 5.10 Å². The summed E-state index contributed by atoms with van der Waals surface area (Å²) in [6.45, 7) is 4.96. The molecule has 0 N–H and O–H groups in total. The fourth-order valence-corrected chi connectivity index (χ4v) is 3.04. The summed E-state index contributed by atoms with van der Waals surface area (Å²) >= 11 is 1.15. The van der Waals surface area contributed by atoms with E-state index in [0.717, 1.165) is 30.9 Å². The van der Waals surface area contributed by atoms with Crippen molar-refractivity contribution >= 4 is 17.4 Å². The molecule has 0 unspecified atom stereocenters. The number of aromatic nitrogens is 4. The Morgan fingerprint density at radius 2 is 2.30 bits per heavy atom. The Labute approximate surface area is 120 Å². The maximum Gasteiger partial charge on any atom is 0.267 e. The van der Waals surface area contributed by atoms with Crippen molar-refractivity contribution in [2.24, 2.45) is 0 Å². The van der Waals surface area contributed by atoms with Gasteiger partial charge < -0.3 is 9.42 Å². The molecular weight excluding hydrogens is 278 g/mol. The highest BCUT2D eigenvalue weighted by atomic mass is 32.1. The van der Waals surface area contributed by atoms with Crippen LogP contribution in [0.3, 0.4) is 0 Å². The molecule has 3 heterocycles. The van der Waals surface area contributed by atoms with Gasteiger partial charge in [-0.1, -0.05) is 9.64 Å². The number of piperidine rings is 1. The maximum absolute atomic E-state index is 12.5. The van der Waals surface area contributed by atoms with Gasteiger partial charge in [-0.25, -0.2) is 0 Å². The minimum Gasteiger partial charge on any atom is -0.339 e. The van der Waals surface area contributed by atoms with Gasteiger partial charge in [-0.05, 0) is 38.2 Å². The van der Waals surface area contributed by atoms with Gasteiger partial charge in [0, 0.05) is 13.1 Å². The van der Waals surface area contributed by atoms with Gasteiger partial charge in [0.25, 0.3) is 5.91 Å². The van der Waals surface area contributed by atoms with Gasteiger partial charge in [0.05, 0.1) is 11.6 Å². The van der Waals surface area contributed by atoms with Crippen LogP contribution in [0.25, 0.3) is 0 Å². The topological polar surface area (TPSA) is 85.0 Å². The first-order chi connectivity index (χ1) is 9.65. The number of hydrogen-bond acceptors (Lipinski definition) is 7. The average Bonchev–Trinajstić information content (AvgIpc) is 3.07. The lowest BCUT2D eigenvalue weighted by Crippen LogP contribution is -2.39. The second kappa shape index (κ2) is 5.28. The van der Waals surface area contributed by atoms with Crippen LogP contribution in [0.1, 0.15) is 45.8 Å². The van der Waals surface area contributed by atoms with Crippen LogP contribution in [-0.4, -0.2) is 43.6 Å². The molecule has 0 aromatic carbocycles. The van der Waals surface area contributed by atoms with Crippen LogP contribution >= 0.6 is 11.5 Å². The van der Waals surface area contributed by atoms with Gasteiger partial charge in [0.1, 0.15) is 4.88 Å². The zero-order chi connectivity index (χ0) is 14.1. The van der Waals surface area contributed by atoms with Crippen molar-refractivity contribution in [2.75, 3.05) is 13.1 Å². The molecule has 1 fully saturated rings. The van der Waals surface area contributed by atoms with E-state index < -0.39 is 0 Å². The third-order valence-electron chi connectivity index (χ3n) is 3.45. The second-order valence-corrected chi connectivity index (χ2v) is 5.71. The minimum absolute atomic E-state index is 0.00145. The van der Waals surface area contributed by atoms with E-state index in [1.54, 1.807) is 13.8 Å². The second-order valence-electron chi connectivity index (χ2n) is 4.96. The zero-order valence-corrected chi connectivity index (χ0v) is 12.2. The summed E-state index contributed by atoms with van der Waals surface area (Å²) in [5, 5.41) is 7.71. The summed E-state index contributed by atoms with van der Waals surface area (Å²) < 4.78 is 9.05. The zero-order valence-electron chi connectivity index (χ0n) is 11.4. The van der Waals surface area contributed by atoms with E-state index in [4.69, 9.17) is 4.52 Å². The summed E-state index contributed by atoms with van der Waals surface area (Å²) in [6, 6.07) is 0. The fourth-order valence-electron chi connectivity index (χ4n) is 2.41. The number of aryl methyl sites for hydroxylation is 2. The predicted molar refractivity (Wildman–Crippen MR) is 71.6 cm³/mol. The van der Waals surface area contributed by atoms with E-state index in [2.05, 4.69) is 19.7 Å². The van der Waals surface area contributed by atoms with Crippen LogP contribution in [0.5, 0.6) is 0 Å². The molecule has 1 aliphatic rings. The smallest absolute Gasteiger partial charge is 0.267 e. The lowest BCUT2D eigenvalue weighted by atomic mass is 9.98. The van der Waals surface area contributed by atoms with Crippen LogP contribution in [0.4, 0.5) is 0 Å². The third-order valence-corrected chi connectivity index (χ3v) is 4.26. The van der Waals surface area contributed by atoms with Gasteiger partial charge >= 0.3 is 0 Å². The van der Waals surface area contributed by atoms with E-state index >= 15 is 0 Å². The Balaban J connectivity index is 1.75. The van der Waals surface area contributed by atoms with E-state index in [0.29, 0.717) is 28.8 Å². The van der Waals surface area contributed by atoms with Gasteiger partial charge in [0.15, 0.2) is 5.82 Å². The fraction of sp³-hybridized carbons (Fsp3) is 0.583. The van der Waals surface area contributed by atoms with Crippen molar-refractivity contribution in [1.29, 1.82) is 0 Å². The summed E-state index contributed by atoms with van der Waals surface area (Å²) in [6.07, 6.45) is 1.90. The monoisotopic (exact) mass is 293 g/mol. The molecule has 8 heteroatoms.